The average molecular weight is 278 g/mol. The molecule has 0 amide bonds. The van der Waals surface area contributed by atoms with E-state index in [9.17, 15) is 4.79 Å². The van der Waals surface area contributed by atoms with E-state index in [1.165, 1.54) is 0 Å². The first-order valence-corrected chi connectivity index (χ1v) is 6.08. The van der Waals surface area contributed by atoms with E-state index < -0.39 is 17.2 Å². The lowest BCUT2D eigenvalue weighted by atomic mass is 10.1. The van der Waals surface area contributed by atoms with Crippen LogP contribution in [-0.4, -0.2) is 22.4 Å². The molecular formula is C15H18O5. The Labute approximate surface area is 118 Å². The molecule has 0 aliphatic rings. The Hall–Kier alpha value is -1.87. The highest BCUT2D eigenvalue weighted by Gasteiger charge is 2.22. The highest BCUT2D eigenvalue weighted by atomic mass is 17.2. The molecule has 20 heavy (non-hydrogen) atoms. The fourth-order valence-corrected chi connectivity index (χ4v) is 1.11. The molecule has 0 heterocycles. The van der Waals surface area contributed by atoms with Crippen LogP contribution in [0.4, 0.5) is 0 Å². The van der Waals surface area contributed by atoms with Crippen molar-refractivity contribution < 1.29 is 24.7 Å². The van der Waals surface area contributed by atoms with Gasteiger partial charge in [-0.15, -0.1) is 0 Å². The molecule has 0 saturated heterocycles. The second-order valence-electron chi connectivity index (χ2n) is 5.18. The molecule has 0 aromatic heterocycles. The number of hydrogen-bond acceptors (Lipinski definition) is 5. The van der Waals surface area contributed by atoms with Gasteiger partial charge in [0.25, 0.3) is 0 Å². The van der Waals surface area contributed by atoms with Gasteiger partial charge in [-0.1, -0.05) is 30.0 Å². The normalized spacial score (nSPS) is 11.4. The zero-order valence-electron chi connectivity index (χ0n) is 12.0. The second kappa shape index (κ2) is 6.53. The van der Waals surface area contributed by atoms with Crippen molar-refractivity contribution in [2.24, 2.45) is 0 Å². The van der Waals surface area contributed by atoms with Crippen LogP contribution in [0.15, 0.2) is 30.3 Å². The van der Waals surface area contributed by atoms with E-state index in [0.717, 1.165) is 0 Å². The number of carbonyl (C=O) groups excluding carboxylic acids is 1. The minimum atomic E-state index is -1.03. The largest absolute Gasteiger partial charge is 0.373 e. The Kier molecular flexibility index (Phi) is 5.28. The standard InChI is InChI=1S/C15H18O5/c1-14(2,19-17)10-11-15(3,4)20-18-13(16)12-8-6-5-7-9-12/h5-9,17H,1-4H3. The Balaban J connectivity index is 2.62. The van der Waals surface area contributed by atoms with E-state index in [-0.39, 0.29) is 0 Å². The highest BCUT2D eigenvalue weighted by Crippen LogP contribution is 2.12. The first kappa shape index (κ1) is 16.2. The molecule has 0 radical (unpaired) electrons. The third kappa shape index (κ3) is 5.41. The molecule has 5 heteroatoms. The fourth-order valence-electron chi connectivity index (χ4n) is 1.11. The van der Waals surface area contributed by atoms with Gasteiger partial charge in [-0.3, -0.25) is 10.1 Å². The number of rotatable bonds is 4. The van der Waals surface area contributed by atoms with Crippen molar-refractivity contribution in [3.8, 4) is 11.8 Å². The summed E-state index contributed by atoms with van der Waals surface area (Å²) in [5.74, 6) is 4.80. The second-order valence-corrected chi connectivity index (χ2v) is 5.18. The molecule has 0 unspecified atom stereocenters. The molecule has 1 N–H and O–H groups in total. The van der Waals surface area contributed by atoms with Gasteiger partial charge in [0, 0.05) is 0 Å². The summed E-state index contributed by atoms with van der Waals surface area (Å²) in [6, 6.07) is 8.48. The van der Waals surface area contributed by atoms with Crippen LogP contribution < -0.4 is 0 Å². The van der Waals surface area contributed by atoms with Crippen LogP contribution in [0.3, 0.4) is 0 Å². The minimum absolute atomic E-state index is 0.385. The van der Waals surface area contributed by atoms with Crippen LogP contribution in [0.25, 0.3) is 0 Å². The summed E-state index contributed by atoms with van der Waals surface area (Å²) in [6.07, 6.45) is 0. The van der Waals surface area contributed by atoms with Crippen LogP contribution >= 0.6 is 0 Å². The maximum absolute atomic E-state index is 11.7. The van der Waals surface area contributed by atoms with Crippen LogP contribution in [0.2, 0.25) is 0 Å². The third-order valence-corrected chi connectivity index (χ3v) is 2.23. The molecule has 108 valence electrons. The first-order valence-electron chi connectivity index (χ1n) is 6.08. The van der Waals surface area contributed by atoms with Gasteiger partial charge < -0.3 is 0 Å². The smallest absolute Gasteiger partial charge is 0.291 e. The lowest BCUT2D eigenvalue weighted by Crippen LogP contribution is -2.27. The van der Waals surface area contributed by atoms with Gasteiger partial charge in [0.15, 0.2) is 11.2 Å². The van der Waals surface area contributed by atoms with E-state index in [4.69, 9.17) is 15.0 Å². The Morgan fingerprint density at radius 1 is 1.05 bits per heavy atom. The molecule has 1 rings (SSSR count). The molecule has 5 nitrogen and oxygen atoms in total. The molecule has 0 aliphatic carbocycles. The van der Waals surface area contributed by atoms with Gasteiger partial charge >= 0.3 is 5.97 Å². The van der Waals surface area contributed by atoms with Crippen LogP contribution in [0, 0.1) is 11.8 Å². The van der Waals surface area contributed by atoms with Gasteiger partial charge in [-0.25, -0.2) is 9.68 Å². The molecule has 1 aromatic rings. The maximum Gasteiger partial charge on any atom is 0.373 e. The van der Waals surface area contributed by atoms with Gasteiger partial charge in [-0.2, -0.15) is 4.89 Å². The topological polar surface area (TPSA) is 65.0 Å². The number of hydrogen-bond donors (Lipinski definition) is 1. The third-order valence-electron chi connectivity index (χ3n) is 2.23. The summed E-state index contributed by atoms with van der Waals surface area (Å²) >= 11 is 0. The molecule has 0 saturated carbocycles. The fraction of sp³-hybridized carbons (Fsp3) is 0.400. The van der Waals surface area contributed by atoms with Gasteiger partial charge in [0.1, 0.15) is 0 Å². The average Bonchev–Trinajstić information content (AvgIpc) is 2.44. The van der Waals surface area contributed by atoms with E-state index in [2.05, 4.69) is 16.7 Å². The molecule has 1 aromatic carbocycles. The molecule has 0 aliphatic heterocycles. The lowest BCUT2D eigenvalue weighted by molar-refractivity contribution is -0.295. The maximum atomic E-state index is 11.7. The Bertz CT molecular complexity index is 508. The van der Waals surface area contributed by atoms with Crippen LogP contribution in [-0.2, 0) is 14.7 Å². The van der Waals surface area contributed by atoms with Crippen molar-refractivity contribution in [2.45, 2.75) is 38.9 Å². The minimum Gasteiger partial charge on any atom is -0.291 e. The summed E-state index contributed by atoms with van der Waals surface area (Å²) in [6.45, 7) is 6.44. The van der Waals surface area contributed by atoms with Gasteiger partial charge in [0.2, 0.25) is 0 Å². The summed E-state index contributed by atoms with van der Waals surface area (Å²) in [4.78, 5) is 25.7. The molecule has 0 spiro atoms. The zero-order chi connectivity index (χ0) is 15.2. The number of carbonyl (C=O) groups is 1. The Morgan fingerprint density at radius 3 is 2.15 bits per heavy atom. The SMILES string of the molecule is CC(C)(C#CC(C)(C)OOC(=O)c1ccccc1)OO. The predicted molar refractivity (Wildman–Crippen MR) is 72.6 cm³/mol. The van der Waals surface area contributed by atoms with Gasteiger partial charge in [0.05, 0.1) is 5.56 Å². The van der Waals surface area contributed by atoms with Crippen LogP contribution in [0.5, 0.6) is 0 Å². The summed E-state index contributed by atoms with van der Waals surface area (Å²) in [5.41, 5.74) is -1.67. The monoisotopic (exact) mass is 278 g/mol. The van der Waals surface area contributed by atoms with E-state index in [1.807, 2.05) is 0 Å². The van der Waals surface area contributed by atoms with E-state index in [0.29, 0.717) is 5.56 Å². The zero-order valence-corrected chi connectivity index (χ0v) is 12.0. The van der Waals surface area contributed by atoms with E-state index in [1.54, 1.807) is 58.0 Å². The van der Waals surface area contributed by atoms with Crippen LogP contribution in [0.1, 0.15) is 38.1 Å². The van der Waals surface area contributed by atoms with Crippen molar-refractivity contribution in [1.29, 1.82) is 0 Å². The summed E-state index contributed by atoms with van der Waals surface area (Å²) < 4.78 is 0. The lowest BCUT2D eigenvalue weighted by Gasteiger charge is -2.18. The van der Waals surface area contributed by atoms with Crippen molar-refractivity contribution in [1.82, 2.24) is 0 Å². The molecular weight excluding hydrogens is 260 g/mol. The van der Waals surface area contributed by atoms with Gasteiger partial charge in [-0.05, 0) is 39.8 Å². The van der Waals surface area contributed by atoms with Crippen molar-refractivity contribution in [2.75, 3.05) is 0 Å². The highest BCUT2D eigenvalue weighted by molar-refractivity contribution is 5.88. The first-order chi connectivity index (χ1) is 9.26. The summed E-state index contributed by atoms with van der Waals surface area (Å²) in [5, 5.41) is 8.63. The van der Waals surface area contributed by atoms with E-state index >= 15 is 0 Å². The summed E-state index contributed by atoms with van der Waals surface area (Å²) in [7, 11) is 0. The predicted octanol–water partition coefficient (Wildman–Crippen LogP) is 2.83. The number of benzene rings is 1. The Morgan fingerprint density at radius 2 is 1.60 bits per heavy atom. The van der Waals surface area contributed by atoms with Crippen molar-refractivity contribution in [3.05, 3.63) is 35.9 Å². The molecule has 0 bridgehead atoms. The van der Waals surface area contributed by atoms with Crippen molar-refractivity contribution in [3.63, 3.8) is 0 Å². The quantitative estimate of drug-likeness (QED) is 0.521. The molecule has 0 atom stereocenters. The molecule has 0 fully saturated rings. The van der Waals surface area contributed by atoms with Crippen molar-refractivity contribution >= 4 is 5.97 Å².